The van der Waals surface area contributed by atoms with E-state index in [0.717, 1.165) is 11.1 Å². The van der Waals surface area contributed by atoms with E-state index in [0.29, 0.717) is 34.3 Å². The average Bonchev–Trinajstić information content (AvgIpc) is 3.12. The molecule has 0 spiro atoms. The fourth-order valence-electron chi connectivity index (χ4n) is 4.32. The Hall–Kier alpha value is -6.96. The Morgan fingerprint density at radius 2 is 0.851 bits per heavy atom. The number of anilines is 2. The van der Waals surface area contributed by atoms with Gasteiger partial charge >= 0.3 is 0 Å². The van der Waals surface area contributed by atoms with Crippen molar-refractivity contribution in [2.24, 2.45) is 0 Å². The predicted molar refractivity (Wildman–Crippen MR) is 182 cm³/mol. The van der Waals surface area contributed by atoms with Crippen LogP contribution in [-0.4, -0.2) is 21.8 Å². The summed E-state index contributed by atoms with van der Waals surface area (Å²) in [6.07, 6.45) is 0. The zero-order valence-corrected chi connectivity index (χ0v) is 25.0. The molecule has 0 aliphatic heterocycles. The lowest BCUT2D eigenvalue weighted by molar-refractivity contribution is 0.101. The summed E-state index contributed by atoms with van der Waals surface area (Å²) < 4.78 is 5.95. The van der Waals surface area contributed by atoms with E-state index in [9.17, 15) is 9.59 Å². The molecule has 224 valence electrons. The highest BCUT2D eigenvalue weighted by atomic mass is 16.5. The highest BCUT2D eigenvalue weighted by Gasteiger charge is 2.10. The van der Waals surface area contributed by atoms with Crippen LogP contribution in [0.4, 0.5) is 11.4 Å². The van der Waals surface area contributed by atoms with Gasteiger partial charge in [-0.25, -0.2) is 9.97 Å². The summed E-state index contributed by atoms with van der Waals surface area (Å²) in [5, 5.41) is 5.70. The fraction of sp³-hybridized carbons (Fsp3) is 0. The van der Waals surface area contributed by atoms with Crippen LogP contribution in [-0.2, 0) is 0 Å². The number of ether oxygens (including phenoxy) is 1. The van der Waals surface area contributed by atoms with Gasteiger partial charge in [0.1, 0.15) is 34.3 Å². The van der Waals surface area contributed by atoms with Gasteiger partial charge in [-0.05, 0) is 109 Å². The molecule has 2 amide bonds. The van der Waals surface area contributed by atoms with Crippen LogP contribution >= 0.6 is 0 Å². The highest BCUT2D eigenvalue weighted by molar-refractivity contribution is 6.03. The fourth-order valence-corrected chi connectivity index (χ4v) is 4.32. The van der Waals surface area contributed by atoms with Crippen LogP contribution in [0.3, 0.4) is 0 Å². The molecule has 0 fully saturated rings. The summed E-state index contributed by atoms with van der Waals surface area (Å²) in [7, 11) is 0. The van der Waals surface area contributed by atoms with Crippen LogP contribution in [0, 0.1) is 23.7 Å². The molecule has 0 radical (unpaired) electrons. The van der Waals surface area contributed by atoms with E-state index in [1.54, 1.807) is 84.9 Å². The van der Waals surface area contributed by atoms with Gasteiger partial charge in [0.2, 0.25) is 0 Å². The SMILES string of the molecule is O=C(Nc1ccc(Oc2ccc(NC(=O)c3cccc(C#Cc4ccccc4)n3)cc2)cc1)c1cccc(C#Cc2ccccc2)n1. The summed E-state index contributed by atoms with van der Waals surface area (Å²) >= 11 is 0. The molecule has 0 unspecified atom stereocenters. The first-order chi connectivity index (χ1) is 23.1. The van der Waals surface area contributed by atoms with Crippen molar-refractivity contribution in [1.29, 1.82) is 0 Å². The van der Waals surface area contributed by atoms with Crippen molar-refractivity contribution >= 4 is 23.2 Å². The molecule has 2 N–H and O–H groups in total. The summed E-state index contributed by atoms with van der Waals surface area (Å²) in [4.78, 5) is 34.4. The number of aromatic nitrogens is 2. The topological polar surface area (TPSA) is 93.2 Å². The van der Waals surface area contributed by atoms with Crippen molar-refractivity contribution in [2.45, 2.75) is 0 Å². The zero-order chi connectivity index (χ0) is 32.3. The van der Waals surface area contributed by atoms with Crippen molar-refractivity contribution in [3.8, 4) is 35.2 Å². The molecule has 0 atom stereocenters. The Morgan fingerprint density at radius 1 is 0.447 bits per heavy atom. The van der Waals surface area contributed by atoms with E-state index in [-0.39, 0.29) is 23.2 Å². The summed E-state index contributed by atoms with van der Waals surface area (Å²) in [5.41, 5.74) is 4.45. The average molecular weight is 611 g/mol. The summed E-state index contributed by atoms with van der Waals surface area (Å²) in [5.74, 6) is 12.6. The third-order valence-corrected chi connectivity index (χ3v) is 6.64. The molecule has 4 aromatic carbocycles. The van der Waals surface area contributed by atoms with Gasteiger partial charge in [-0.1, -0.05) is 60.4 Å². The van der Waals surface area contributed by atoms with E-state index in [2.05, 4.69) is 44.3 Å². The third kappa shape index (κ3) is 8.57. The molecule has 6 aromatic rings. The second-order valence-corrected chi connectivity index (χ2v) is 10.1. The standard InChI is InChI=1S/C40H26N4O3/c45-39(37-15-7-13-31(41-37)19-17-29-9-3-1-4-10-29)43-33-21-25-35(26-22-33)47-36-27-23-34(24-28-36)44-40(46)38-16-8-14-32(42-38)20-18-30-11-5-2-6-12-30/h1-16,21-28H,(H,43,45)(H,44,46). The molecule has 0 aliphatic carbocycles. The first-order valence-corrected chi connectivity index (χ1v) is 14.7. The Morgan fingerprint density at radius 3 is 1.26 bits per heavy atom. The normalized spacial score (nSPS) is 9.96. The lowest BCUT2D eigenvalue weighted by Gasteiger charge is -2.09. The smallest absolute Gasteiger partial charge is 0.274 e. The minimum absolute atomic E-state index is 0.262. The molecule has 2 aromatic heterocycles. The van der Waals surface area contributed by atoms with E-state index < -0.39 is 0 Å². The van der Waals surface area contributed by atoms with Crippen LogP contribution < -0.4 is 15.4 Å². The number of carbonyl (C=O) groups is 2. The Balaban J connectivity index is 1.02. The van der Waals surface area contributed by atoms with Crippen molar-refractivity contribution in [3.05, 3.63) is 179 Å². The predicted octanol–water partition coefficient (Wildman–Crippen LogP) is 7.57. The monoisotopic (exact) mass is 610 g/mol. The van der Waals surface area contributed by atoms with Gasteiger partial charge in [-0.2, -0.15) is 0 Å². The van der Waals surface area contributed by atoms with Crippen LogP contribution in [0.1, 0.15) is 43.5 Å². The van der Waals surface area contributed by atoms with E-state index >= 15 is 0 Å². The molecule has 47 heavy (non-hydrogen) atoms. The Labute approximate surface area is 272 Å². The molecule has 0 saturated heterocycles. The van der Waals surface area contributed by atoms with Crippen molar-refractivity contribution in [2.75, 3.05) is 10.6 Å². The Kier molecular flexibility index (Phi) is 9.39. The third-order valence-electron chi connectivity index (χ3n) is 6.64. The number of hydrogen-bond donors (Lipinski definition) is 2. The van der Waals surface area contributed by atoms with Crippen molar-refractivity contribution in [3.63, 3.8) is 0 Å². The second-order valence-electron chi connectivity index (χ2n) is 10.1. The maximum atomic E-state index is 12.8. The minimum atomic E-state index is -0.346. The number of hydrogen-bond acceptors (Lipinski definition) is 5. The first kappa shape index (κ1) is 30.1. The summed E-state index contributed by atoms with van der Waals surface area (Å²) in [6, 6.07) is 43.5. The maximum absolute atomic E-state index is 12.8. The van der Waals surface area contributed by atoms with Gasteiger partial charge in [0.15, 0.2) is 0 Å². The van der Waals surface area contributed by atoms with Gasteiger partial charge in [0, 0.05) is 22.5 Å². The molecular formula is C40H26N4O3. The van der Waals surface area contributed by atoms with Gasteiger partial charge in [-0.15, -0.1) is 0 Å². The van der Waals surface area contributed by atoms with Crippen molar-refractivity contribution in [1.82, 2.24) is 9.97 Å². The van der Waals surface area contributed by atoms with Crippen LogP contribution in [0.5, 0.6) is 11.5 Å². The number of amides is 2. The van der Waals surface area contributed by atoms with Gasteiger partial charge < -0.3 is 15.4 Å². The van der Waals surface area contributed by atoms with Crippen LogP contribution in [0.15, 0.2) is 146 Å². The number of benzene rings is 4. The number of nitrogens with zero attached hydrogens (tertiary/aromatic N) is 2. The van der Waals surface area contributed by atoms with Crippen LogP contribution in [0.25, 0.3) is 0 Å². The van der Waals surface area contributed by atoms with E-state index in [1.165, 1.54) is 0 Å². The highest BCUT2D eigenvalue weighted by Crippen LogP contribution is 2.25. The van der Waals surface area contributed by atoms with E-state index in [1.807, 2.05) is 60.7 Å². The molecule has 7 nitrogen and oxygen atoms in total. The van der Waals surface area contributed by atoms with Crippen molar-refractivity contribution < 1.29 is 14.3 Å². The van der Waals surface area contributed by atoms with Gasteiger partial charge in [-0.3, -0.25) is 9.59 Å². The van der Waals surface area contributed by atoms with Gasteiger partial charge in [0.05, 0.1) is 0 Å². The lowest BCUT2D eigenvalue weighted by Crippen LogP contribution is -2.14. The second kappa shape index (κ2) is 14.7. The number of pyridine rings is 2. The molecular weight excluding hydrogens is 584 g/mol. The molecule has 0 bridgehead atoms. The molecule has 7 heteroatoms. The number of carbonyl (C=O) groups excluding carboxylic acids is 2. The zero-order valence-electron chi connectivity index (χ0n) is 25.0. The quantitative estimate of drug-likeness (QED) is 0.190. The molecule has 0 saturated carbocycles. The lowest BCUT2D eigenvalue weighted by atomic mass is 10.2. The minimum Gasteiger partial charge on any atom is -0.457 e. The molecule has 0 aliphatic rings. The first-order valence-electron chi connectivity index (χ1n) is 14.7. The largest absolute Gasteiger partial charge is 0.457 e. The molecule has 2 heterocycles. The number of rotatable bonds is 6. The van der Waals surface area contributed by atoms with Crippen LogP contribution in [0.2, 0.25) is 0 Å². The molecule has 6 rings (SSSR count). The van der Waals surface area contributed by atoms with E-state index in [4.69, 9.17) is 4.74 Å². The van der Waals surface area contributed by atoms with Gasteiger partial charge in [0.25, 0.3) is 11.8 Å². The summed E-state index contributed by atoms with van der Waals surface area (Å²) in [6.45, 7) is 0. The maximum Gasteiger partial charge on any atom is 0.274 e. The number of nitrogens with one attached hydrogen (secondary N) is 2. The Bertz CT molecular complexity index is 1990.